The Morgan fingerprint density at radius 2 is 1.19 bits per heavy atom. The van der Waals surface area contributed by atoms with E-state index in [1.807, 2.05) is 24.3 Å². The number of nitrogens with one attached hydrogen (secondary N) is 1. The van der Waals surface area contributed by atoms with Crippen molar-refractivity contribution >= 4 is 17.1 Å². The molecule has 1 N–H and O–H groups in total. The van der Waals surface area contributed by atoms with E-state index in [0.29, 0.717) is 0 Å². The van der Waals surface area contributed by atoms with Gasteiger partial charge in [-0.05, 0) is 46.4 Å². The molecule has 1 spiro atoms. The highest BCUT2D eigenvalue weighted by Gasteiger charge is 2.53. The van der Waals surface area contributed by atoms with Gasteiger partial charge in [0.25, 0.3) is 5.91 Å². The molecule has 1 aliphatic heterocycles. The minimum absolute atomic E-state index is 0.0238. The fourth-order valence-corrected chi connectivity index (χ4v) is 5.19. The molecule has 1 amide bonds. The summed E-state index contributed by atoms with van der Waals surface area (Å²) < 4.78 is 0. The molecule has 0 aromatic heterocycles. The number of rotatable bonds is 2. The molecule has 1 unspecified atom stereocenters. The van der Waals surface area contributed by atoms with Crippen molar-refractivity contribution in [1.82, 2.24) is 5.32 Å². The van der Waals surface area contributed by atoms with Gasteiger partial charge >= 0.3 is 0 Å². The Morgan fingerprint density at radius 3 is 1.90 bits per heavy atom. The highest BCUT2D eigenvalue weighted by atomic mass is 16.2. The molecule has 0 radical (unpaired) electrons. The lowest BCUT2D eigenvalue weighted by atomic mass is 9.77. The van der Waals surface area contributed by atoms with Crippen molar-refractivity contribution in [1.29, 1.82) is 0 Å². The Morgan fingerprint density at radius 1 is 0.613 bits per heavy atom. The molecule has 148 valence electrons. The van der Waals surface area contributed by atoms with E-state index in [1.54, 1.807) is 0 Å². The number of hydrogen-bond donors (Lipinski definition) is 1. The van der Waals surface area contributed by atoms with Gasteiger partial charge in [-0.1, -0.05) is 103 Å². The minimum atomic E-state index is -0.704. The maximum Gasteiger partial charge on any atom is 0.252 e. The second-order valence-electron chi connectivity index (χ2n) is 8.28. The highest BCUT2D eigenvalue weighted by molar-refractivity contribution is 6.14. The van der Waals surface area contributed by atoms with Crippen molar-refractivity contribution in [2.75, 3.05) is 0 Å². The van der Waals surface area contributed by atoms with Crippen LogP contribution in [0.2, 0.25) is 0 Å². The zero-order chi connectivity index (χ0) is 21.0. The third kappa shape index (κ3) is 2.42. The fraction of sp³-hybridized carbons (Fsp3) is 0.0690. The number of fused-ring (bicyclic) bond motifs is 4. The molecule has 4 aromatic rings. The first-order chi connectivity index (χ1) is 15.2. The molecule has 0 saturated heterocycles. The van der Waals surface area contributed by atoms with E-state index < -0.39 is 5.54 Å². The molecule has 1 heterocycles. The first kappa shape index (κ1) is 17.9. The Kier molecular flexibility index (Phi) is 3.78. The van der Waals surface area contributed by atoms with Crippen molar-refractivity contribution < 1.29 is 4.79 Å². The van der Waals surface area contributed by atoms with Gasteiger partial charge in [0.05, 0.1) is 0 Å². The third-order valence-electron chi connectivity index (χ3n) is 6.50. The second-order valence-corrected chi connectivity index (χ2v) is 8.28. The molecule has 0 fully saturated rings. The van der Waals surface area contributed by atoms with Gasteiger partial charge in [-0.25, -0.2) is 0 Å². The molecular weight excluding hydrogens is 378 g/mol. The van der Waals surface area contributed by atoms with Gasteiger partial charge in [0, 0.05) is 11.1 Å². The number of carbonyl (C=O) groups is 1. The first-order valence-electron chi connectivity index (χ1n) is 10.6. The summed E-state index contributed by atoms with van der Waals surface area (Å²) in [5.41, 5.74) is 9.17. The van der Waals surface area contributed by atoms with Gasteiger partial charge in [-0.2, -0.15) is 0 Å². The van der Waals surface area contributed by atoms with Crippen molar-refractivity contribution in [2.45, 2.75) is 12.5 Å². The van der Waals surface area contributed by atoms with Gasteiger partial charge in [0.15, 0.2) is 0 Å². The van der Waals surface area contributed by atoms with Crippen molar-refractivity contribution in [3.63, 3.8) is 0 Å². The van der Waals surface area contributed by atoms with Crippen LogP contribution in [0.1, 0.15) is 43.7 Å². The van der Waals surface area contributed by atoms with Crippen LogP contribution in [-0.4, -0.2) is 5.91 Å². The molecule has 2 nitrogen and oxygen atoms in total. The molecule has 4 aromatic carbocycles. The fourth-order valence-electron chi connectivity index (χ4n) is 5.19. The van der Waals surface area contributed by atoms with Crippen LogP contribution in [0.4, 0.5) is 0 Å². The summed E-state index contributed by atoms with van der Waals surface area (Å²) in [6, 6.07) is 35.6. The lowest BCUT2D eigenvalue weighted by Gasteiger charge is -2.31. The van der Waals surface area contributed by atoms with E-state index in [9.17, 15) is 4.79 Å². The Labute approximate surface area is 181 Å². The van der Waals surface area contributed by atoms with E-state index in [4.69, 9.17) is 0 Å². The Balaban J connectivity index is 1.78. The summed E-state index contributed by atoms with van der Waals surface area (Å²) in [5.74, 6) is -0.0238. The molecule has 0 bridgehead atoms. The van der Waals surface area contributed by atoms with Crippen molar-refractivity contribution in [3.8, 4) is 0 Å². The molecule has 2 aliphatic rings. The molecule has 0 saturated carbocycles. The molecule has 2 heteroatoms. The molecule has 1 aliphatic carbocycles. The first-order valence-corrected chi connectivity index (χ1v) is 10.6. The standard InChI is InChI=1S/C29H21NO/c1-19-15-17-21(18-16-19)27-26(20-9-3-2-4-10-20)22-11-5-7-13-24(22)29(27)25-14-8-6-12-23(25)28(31)30-29/h2-18H,1H3,(H,30,31). The van der Waals surface area contributed by atoms with E-state index >= 15 is 0 Å². The third-order valence-corrected chi connectivity index (χ3v) is 6.50. The van der Waals surface area contributed by atoms with Gasteiger partial charge in [-0.3, -0.25) is 4.79 Å². The summed E-state index contributed by atoms with van der Waals surface area (Å²) in [4.78, 5) is 13.2. The van der Waals surface area contributed by atoms with Crippen LogP contribution < -0.4 is 5.32 Å². The summed E-state index contributed by atoms with van der Waals surface area (Å²) in [7, 11) is 0. The van der Waals surface area contributed by atoms with Crippen LogP contribution in [0.25, 0.3) is 11.1 Å². The van der Waals surface area contributed by atoms with Crippen molar-refractivity contribution in [2.24, 2.45) is 0 Å². The van der Waals surface area contributed by atoms with Gasteiger partial charge in [0.2, 0.25) is 0 Å². The van der Waals surface area contributed by atoms with E-state index in [-0.39, 0.29) is 5.91 Å². The smallest absolute Gasteiger partial charge is 0.252 e. The average molecular weight is 399 g/mol. The number of hydrogen-bond acceptors (Lipinski definition) is 1. The van der Waals surface area contributed by atoms with Gasteiger partial charge in [-0.15, -0.1) is 0 Å². The summed E-state index contributed by atoms with van der Waals surface area (Å²) in [5, 5.41) is 3.42. The minimum Gasteiger partial charge on any atom is -0.334 e. The van der Waals surface area contributed by atoms with Gasteiger partial charge in [0.1, 0.15) is 5.54 Å². The number of aryl methyl sites for hydroxylation is 1. The largest absolute Gasteiger partial charge is 0.334 e. The summed E-state index contributed by atoms with van der Waals surface area (Å²) >= 11 is 0. The summed E-state index contributed by atoms with van der Waals surface area (Å²) in [6.07, 6.45) is 0. The van der Waals surface area contributed by atoms with E-state index in [0.717, 1.165) is 33.4 Å². The predicted octanol–water partition coefficient (Wildman–Crippen LogP) is 5.95. The van der Waals surface area contributed by atoms with Crippen molar-refractivity contribution in [3.05, 3.63) is 142 Å². The molecule has 31 heavy (non-hydrogen) atoms. The maximum atomic E-state index is 13.2. The Hall–Kier alpha value is -3.91. The van der Waals surface area contributed by atoms with Crippen LogP contribution in [0.3, 0.4) is 0 Å². The zero-order valence-electron chi connectivity index (χ0n) is 17.2. The van der Waals surface area contributed by atoms with E-state index in [2.05, 4.69) is 91.1 Å². The number of benzene rings is 4. The monoisotopic (exact) mass is 399 g/mol. The van der Waals surface area contributed by atoms with Gasteiger partial charge < -0.3 is 5.32 Å². The maximum absolute atomic E-state index is 13.2. The lowest BCUT2D eigenvalue weighted by Crippen LogP contribution is -2.40. The topological polar surface area (TPSA) is 29.1 Å². The van der Waals surface area contributed by atoms with Crippen LogP contribution in [-0.2, 0) is 5.54 Å². The SMILES string of the molecule is Cc1ccc(C2=C(c3ccccc3)c3ccccc3C23NC(=O)c2ccccc23)cc1. The van der Waals surface area contributed by atoms with Crippen LogP contribution >= 0.6 is 0 Å². The second kappa shape index (κ2) is 6.55. The predicted molar refractivity (Wildman–Crippen MR) is 125 cm³/mol. The summed E-state index contributed by atoms with van der Waals surface area (Å²) in [6.45, 7) is 2.10. The number of amides is 1. The van der Waals surface area contributed by atoms with Crippen LogP contribution in [0.15, 0.2) is 103 Å². The van der Waals surface area contributed by atoms with Crippen LogP contribution in [0.5, 0.6) is 0 Å². The molecular formula is C29H21NO. The lowest BCUT2D eigenvalue weighted by molar-refractivity contribution is 0.0952. The zero-order valence-corrected chi connectivity index (χ0v) is 17.2. The normalized spacial score (nSPS) is 18.8. The highest BCUT2D eigenvalue weighted by Crippen LogP contribution is 2.57. The number of carbonyl (C=O) groups excluding carboxylic acids is 1. The molecule has 6 rings (SSSR count). The molecule has 1 atom stereocenters. The Bertz CT molecular complexity index is 1370. The quantitative estimate of drug-likeness (QED) is 0.443. The average Bonchev–Trinajstić information content (AvgIpc) is 3.28. The van der Waals surface area contributed by atoms with Crippen LogP contribution in [0, 0.1) is 6.92 Å². The van der Waals surface area contributed by atoms with E-state index in [1.165, 1.54) is 16.7 Å².